The Labute approximate surface area is 128 Å². The van der Waals surface area contributed by atoms with Gasteiger partial charge in [-0.05, 0) is 35.4 Å². The Bertz CT molecular complexity index is 523. The Morgan fingerprint density at radius 3 is 1.86 bits per heavy atom. The summed E-state index contributed by atoms with van der Waals surface area (Å²) in [5, 5.41) is 10.6. The normalized spacial score (nSPS) is 12.9. The van der Waals surface area contributed by atoms with Gasteiger partial charge in [-0.2, -0.15) is 0 Å². The molecule has 3 nitrogen and oxygen atoms in total. The van der Waals surface area contributed by atoms with Crippen LogP contribution in [0.5, 0.6) is 5.75 Å². The number of aliphatic imine (C=N–C) groups is 1. The van der Waals surface area contributed by atoms with E-state index in [1.807, 2.05) is 12.1 Å². The molecule has 1 N–H and O–H groups in total. The van der Waals surface area contributed by atoms with Crippen LogP contribution in [0.1, 0.15) is 65.2 Å². The van der Waals surface area contributed by atoms with Crippen LogP contribution in [0.4, 0.5) is 0 Å². The molecule has 0 aliphatic heterocycles. The van der Waals surface area contributed by atoms with Crippen molar-refractivity contribution in [2.45, 2.75) is 59.3 Å². The van der Waals surface area contributed by atoms with Gasteiger partial charge in [-0.15, -0.1) is 0 Å². The van der Waals surface area contributed by atoms with Crippen molar-refractivity contribution in [3.8, 4) is 5.75 Å². The number of carbonyl (C=O) groups excluding carboxylic acids is 1. The topological polar surface area (TPSA) is 49.7 Å². The monoisotopic (exact) mass is 289 g/mol. The zero-order valence-electron chi connectivity index (χ0n) is 14.2. The number of benzene rings is 1. The Morgan fingerprint density at radius 1 is 1.10 bits per heavy atom. The zero-order chi connectivity index (χ0) is 16.4. The van der Waals surface area contributed by atoms with E-state index in [4.69, 9.17) is 0 Å². The number of Topliss-reactive ketones (excluding diaryl/α,β-unsaturated/α-hetero) is 1. The van der Waals surface area contributed by atoms with E-state index in [1.165, 1.54) is 6.92 Å². The molecule has 0 aliphatic rings. The molecule has 116 valence electrons. The molecule has 0 heterocycles. The van der Waals surface area contributed by atoms with Gasteiger partial charge >= 0.3 is 0 Å². The summed E-state index contributed by atoms with van der Waals surface area (Å²) in [4.78, 5) is 15.1. The predicted molar refractivity (Wildman–Crippen MR) is 88.6 cm³/mol. The van der Waals surface area contributed by atoms with E-state index in [0.29, 0.717) is 5.75 Å². The van der Waals surface area contributed by atoms with Crippen molar-refractivity contribution in [2.75, 3.05) is 6.54 Å². The molecule has 0 fully saturated rings. The summed E-state index contributed by atoms with van der Waals surface area (Å²) < 4.78 is 0. The maximum absolute atomic E-state index is 11.0. The minimum Gasteiger partial charge on any atom is -0.507 e. The second kappa shape index (κ2) is 6.00. The van der Waals surface area contributed by atoms with E-state index in [2.05, 4.69) is 46.5 Å². The van der Waals surface area contributed by atoms with E-state index in [0.717, 1.165) is 16.7 Å². The van der Waals surface area contributed by atoms with Gasteiger partial charge in [0.15, 0.2) is 5.78 Å². The molecular weight excluding hydrogens is 262 g/mol. The summed E-state index contributed by atoms with van der Waals surface area (Å²) in [5.74, 6) is 0.399. The predicted octanol–water partition coefficient (Wildman–Crippen LogP) is 4.00. The fraction of sp³-hybridized carbons (Fsp3) is 0.556. The molecule has 0 aromatic heterocycles. The fourth-order valence-corrected chi connectivity index (χ4v) is 2.15. The van der Waals surface area contributed by atoms with Crippen molar-refractivity contribution in [1.29, 1.82) is 0 Å². The van der Waals surface area contributed by atoms with Crippen molar-refractivity contribution < 1.29 is 9.90 Å². The van der Waals surface area contributed by atoms with Crippen molar-refractivity contribution >= 4 is 12.0 Å². The first-order valence-electron chi connectivity index (χ1n) is 7.30. The third-order valence-corrected chi connectivity index (χ3v) is 3.30. The summed E-state index contributed by atoms with van der Waals surface area (Å²) in [7, 11) is 0. The minimum atomic E-state index is -0.158. The average molecular weight is 289 g/mol. The highest BCUT2D eigenvalue weighted by Gasteiger charge is 2.26. The van der Waals surface area contributed by atoms with Gasteiger partial charge in [0.25, 0.3) is 0 Å². The van der Waals surface area contributed by atoms with Crippen LogP contribution in [0.25, 0.3) is 0 Å². The number of phenols is 1. The van der Waals surface area contributed by atoms with Crippen LogP contribution >= 0.6 is 0 Å². The molecule has 0 saturated heterocycles. The van der Waals surface area contributed by atoms with E-state index < -0.39 is 0 Å². The summed E-state index contributed by atoms with van der Waals surface area (Å²) in [6, 6.07) is 3.91. The molecule has 0 bridgehead atoms. The van der Waals surface area contributed by atoms with Crippen LogP contribution < -0.4 is 0 Å². The fourth-order valence-electron chi connectivity index (χ4n) is 2.15. The highest BCUT2D eigenvalue weighted by atomic mass is 16.3. The van der Waals surface area contributed by atoms with E-state index in [-0.39, 0.29) is 23.2 Å². The number of hydrogen-bond donors (Lipinski definition) is 1. The molecular formula is C18H27NO2. The molecule has 0 radical (unpaired) electrons. The number of aromatic hydroxyl groups is 1. The number of phenolic OH excluding ortho intramolecular Hbond substituents is 1. The SMILES string of the molecule is CC(=O)CN=Cc1cc(C(C)(C)C)c(O)c(C(C)(C)C)c1. The molecule has 3 heteroatoms. The molecule has 1 rings (SSSR count). The number of ketones is 1. The van der Waals surface area contributed by atoms with Crippen molar-refractivity contribution in [3.05, 3.63) is 28.8 Å². The molecule has 0 amide bonds. The molecule has 0 spiro atoms. The lowest BCUT2D eigenvalue weighted by Crippen LogP contribution is -2.17. The van der Waals surface area contributed by atoms with Crippen LogP contribution in [-0.4, -0.2) is 23.6 Å². The Kier molecular flexibility index (Phi) is 4.98. The molecule has 0 atom stereocenters. The largest absolute Gasteiger partial charge is 0.507 e. The Hall–Kier alpha value is -1.64. The Balaban J connectivity index is 3.41. The average Bonchev–Trinajstić information content (AvgIpc) is 2.27. The van der Waals surface area contributed by atoms with Crippen LogP contribution in [0.2, 0.25) is 0 Å². The molecule has 0 unspecified atom stereocenters. The van der Waals surface area contributed by atoms with Crippen LogP contribution in [-0.2, 0) is 15.6 Å². The van der Waals surface area contributed by atoms with Crippen LogP contribution in [0, 0.1) is 0 Å². The van der Waals surface area contributed by atoms with Gasteiger partial charge in [0, 0.05) is 17.3 Å². The van der Waals surface area contributed by atoms with E-state index >= 15 is 0 Å². The van der Waals surface area contributed by atoms with Gasteiger partial charge in [-0.1, -0.05) is 41.5 Å². The van der Waals surface area contributed by atoms with Gasteiger partial charge in [-0.3, -0.25) is 9.79 Å². The van der Waals surface area contributed by atoms with E-state index in [9.17, 15) is 9.90 Å². The van der Waals surface area contributed by atoms with Crippen molar-refractivity contribution in [3.63, 3.8) is 0 Å². The second-order valence-corrected chi connectivity index (χ2v) is 7.64. The van der Waals surface area contributed by atoms with Gasteiger partial charge < -0.3 is 5.11 Å². The van der Waals surface area contributed by atoms with Crippen LogP contribution in [0.3, 0.4) is 0 Å². The lowest BCUT2D eigenvalue weighted by molar-refractivity contribution is -0.115. The molecule has 1 aromatic carbocycles. The lowest BCUT2D eigenvalue weighted by Gasteiger charge is -2.27. The maximum atomic E-state index is 11.0. The number of rotatable bonds is 3. The second-order valence-electron chi connectivity index (χ2n) is 7.64. The Morgan fingerprint density at radius 2 is 1.52 bits per heavy atom. The highest BCUT2D eigenvalue weighted by Crippen LogP contribution is 2.39. The highest BCUT2D eigenvalue weighted by molar-refractivity contribution is 5.85. The minimum absolute atomic E-state index is 0.0390. The molecule has 21 heavy (non-hydrogen) atoms. The molecule has 0 aliphatic carbocycles. The maximum Gasteiger partial charge on any atom is 0.151 e. The first kappa shape index (κ1) is 17.4. The smallest absolute Gasteiger partial charge is 0.151 e. The van der Waals surface area contributed by atoms with Crippen molar-refractivity contribution in [2.24, 2.45) is 4.99 Å². The summed E-state index contributed by atoms with van der Waals surface area (Å²) >= 11 is 0. The first-order valence-corrected chi connectivity index (χ1v) is 7.30. The summed E-state index contributed by atoms with van der Waals surface area (Å²) in [5.41, 5.74) is 2.41. The van der Waals surface area contributed by atoms with Gasteiger partial charge in [0.2, 0.25) is 0 Å². The van der Waals surface area contributed by atoms with Gasteiger partial charge in [0.1, 0.15) is 5.75 Å². The molecule has 1 aromatic rings. The van der Waals surface area contributed by atoms with E-state index in [1.54, 1.807) is 6.21 Å². The van der Waals surface area contributed by atoms with Gasteiger partial charge in [0.05, 0.1) is 6.54 Å². The number of nitrogens with zero attached hydrogens (tertiary/aromatic N) is 1. The summed E-state index contributed by atoms with van der Waals surface area (Å²) in [6.07, 6.45) is 1.71. The lowest BCUT2D eigenvalue weighted by atomic mass is 9.78. The van der Waals surface area contributed by atoms with Gasteiger partial charge in [-0.25, -0.2) is 0 Å². The quantitative estimate of drug-likeness (QED) is 0.855. The number of carbonyl (C=O) groups is 1. The zero-order valence-corrected chi connectivity index (χ0v) is 14.2. The van der Waals surface area contributed by atoms with Crippen LogP contribution in [0.15, 0.2) is 17.1 Å². The standard InChI is InChI=1S/C18H27NO2/c1-12(20)10-19-11-13-8-14(17(2,3)4)16(21)15(9-13)18(5,6)7/h8-9,11,21H,10H2,1-7H3. The third-order valence-electron chi connectivity index (χ3n) is 3.30. The summed E-state index contributed by atoms with van der Waals surface area (Å²) in [6.45, 7) is 14.2. The number of hydrogen-bond acceptors (Lipinski definition) is 3. The first-order chi connectivity index (χ1) is 9.43. The van der Waals surface area contributed by atoms with Crippen molar-refractivity contribution in [1.82, 2.24) is 0 Å². The third kappa shape index (κ3) is 4.69. The molecule has 0 saturated carbocycles.